The minimum absolute atomic E-state index is 0. The number of nitrogens with one attached hydrogen (secondary N) is 1. The lowest BCUT2D eigenvalue weighted by atomic mass is 9.90. The summed E-state index contributed by atoms with van der Waals surface area (Å²) in [6.07, 6.45) is 3.87. The van der Waals surface area contributed by atoms with Crippen molar-refractivity contribution in [2.45, 2.75) is 79.9 Å². The Bertz CT molecular complexity index is 1190. The number of fused-ring (bicyclic) bond motifs is 1. The summed E-state index contributed by atoms with van der Waals surface area (Å²) in [5.41, 5.74) is 2.66. The van der Waals surface area contributed by atoms with Crippen LogP contribution in [0.1, 0.15) is 67.4 Å². The summed E-state index contributed by atoms with van der Waals surface area (Å²) >= 11 is 0. The average Bonchev–Trinajstić information content (AvgIpc) is 3.21. The van der Waals surface area contributed by atoms with Gasteiger partial charge in [-0.15, -0.1) is 0 Å². The summed E-state index contributed by atoms with van der Waals surface area (Å²) in [6.45, 7) is 13.7. The lowest BCUT2D eigenvalue weighted by molar-refractivity contribution is -0.140. The second-order valence-electron chi connectivity index (χ2n) is 11.4. The SMILES string of the molecule is C.CCOC(=O)/C(C)=C/[C@H](C(C)C)N(C)C(=O)[C@@H](NC(=O)[C@H](C(C)c1cn(C)c2ccccc12)N(C)C)C(C)C.[B]. The largest absolute Gasteiger partial charge is 0.463 e. The molecule has 227 valence electrons. The molecule has 8 nitrogen and oxygen atoms in total. The summed E-state index contributed by atoms with van der Waals surface area (Å²) < 4.78 is 7.21. The number of para-hydroxylation sites is 1. The third-order valence-corrected chi connectivity index (χ3v) is 7.44. The van der Waals surface area contributed by atoms with E-state index in [1.54, 1.807) is 31.9 Å². The van der Waals surface area contributed by atoms with Crippen LogP contribution in [-0.4, -0.2) is 86.4 Å². The molecule has 0 saturated carbocycles. The first-order valence-corrected chi connectivity index (χ1v) is 13.9. The average molecular weight is 568 g/mol. The second kappa shape index (κ2) is 16.4. The Kier molecular flexibility index (Phi) is 15.2. The summed E-state index contributed by atoms with van der Waals surface area (Å²) in [7, 11) is 7.52. The monoisotopic (exact) mass is 567 g/mol. The Morgan fingerprint density at radius 2 is 1.61 bits per heavy atom. The molecule has 3 radical (unpaired) electrons. The van der Waals surface area contributed by atoms with E-state index < -0.39 is 18.1 Å². The lowest BCUT2D eigenvalue weighted by Crippen LogP contribution is -2.57. The maximum atomic E-state index is 13.8. The van der Waals surface area contributed by atoms with E-state index >= 15 is 0 Å². The number of hydrogen-bond acceptors (Lipinski definition) is 5. The molecule has 0 spiro atoms. The first-order valence-electron chi connectivity index (χ1n) is 13.9. The molecule has 1 aromatic heterocycles. The number of rotatable bonds is 12. The fourth-order valence-electron chi connectivity index (χ4n) is 5.25. The molecule has 0 aliphatic carbocycles. The van der Waals surface area contributed by atoms with E-state index in [1.165, 1.54) is 0 Å². The highest BCUT2D eigenvalue weighted by Gasteiger charge is 2.36. The van der Waals surface area contributed by atoms with Gasteiger partial charge < -0.3 is 19.5 Å². The predicted octanol–water partition coefficient (Wildman–Crippen LogP) is 4.60. The van der Waals surface area contributed by atoms with Crippen molar-refractivity contribution in [1.29, 1.82) is 0 Å². The molecule has 1 heterocycles. The maximum absolute atomic E-state index is 13.8. The number of ether oxygens (including phenoxy) is 1. The second-order valence-corrected chi connectivity index (χ2v) is 11.4. The van der Waals surface area contributed by atoms with Gasteiger partial charge in [-0.2, -0.15) is 0 Å². The quantitative estimate of drug-likeness (QED) is 0.230. The maximum Gasteiger partial charge on any atom is 0.333 e. The van der Waals surface area contributed by atoms with E-state index in [2.05, 4.69) is 35.1 Å². The zero-order valence-corrected chi connectivity index (χ0v) is 26.2. The van der Waals surface area contributed by atoms with Crippen LogP contribution in [0.5, 0.6) is 0 Å². The van der Waals surface area contributed by atoms with E-state index in [-0.39, 0.29) is 58.1 Å². The smallest absolute Gasteiger partial charge is 0.333 e. The number of hydrogen-bond donors (Lipinski definition) is 1. The molecule has 2 rings (SSSR count). The van der Waals surface area contributed by atoms with Crippen molar-refractivity contribution in [3.63, 3.8) is 0 Å². The Balaban J connectivity index is 0.00000800. The number of esters is 1. The topological polar surface area (TPSA) is 83.9 Å². The van der Waals surface area contributed by atoms with E-state index in [4.69, 9.17) is 4.74 Å². The fraction of sp³-hybridized carbons (Fsp3) is 0.594. The van der Waals surface area contributed by atoms with Crippen molar-refractivity contribution in [2.24, 2.45) is 18.9 Å². The summed E-state index contributed by atoms with van der Waals surface area (Å²) in [5, 5.41) is 4.20. The normalized spacial score (nSPS) is 14.6. The predicted molar refractivity (Wildman–Crippen MR) is 170 cm³/mol. The van der Waals surface area contributed by atoms with Crippen molar-refractivity contribution >= 4 is 37.1 Å². The van der Waals surface area contributed by atoms with Gasteiger partial charge in [-0.25, -0.2) is 4.79 Å². The molecule has 1 unspecified atom stereocenters. The molecule has 2 amide bonds. The first kappa shape index (κ1) is 37.9. The molecular weight excluding hydrogens is 515 g/mol. The van der Waals surface area contributed by atoms with E-state index in [0.717, 1.165) is 16.5 Å². The van der Waals surface area contributed by atoms with E-state index in [1.807, 2.05) is 65.9 Å². The standard InChI is InChI=1S/C31H48N4O4.CH4.B/c1-12-39-31(38)21(6)17-26(19(2)3)35(11)30(37)27(20(4)5)32-29(36)28(33(8)9)22(7)24-18-34(10)25-16-14-13-15-23(24)25;;/h13-20,22,26-28H,12H2,1-11H3,(H,32,36);1H4;/b21-17+;;/t22?,26-,27+,28+;;/m1../s1. The summed E-state index contributed by atoms with van der Waals surface area (Å²) in [4.78, 5) is 43.4. The van der Waals surface area contributed by atoms with Crippen molar-refractivity contribution in [1.82, 2.24) is 19.7 Å². The minimum atomic E-state index is -0.720. The van der Waals surface area contributed by atoms with E-state index in [0.29, 0.717) is 5.57 Å². The number of benzene rings is 1. The molecule has 2 aromatic rings. The Morgan fingerprint density at radius 1 is 1.02 bits per heavy atom. The minimum Gasteiger partial charge on any atom is -0.463 e. The highest BCUT2D eigenvalue weighted by atomic mass is 16.5. The number of aryl methyl sites for hydroxylation is 1. The van der Waals surface area contributed by atoms with Crippen LogP contribution in [0.3, 0.4) is 0 Å². The highest BCUT2D eigenvalue weighted by Crippen LogP contribution is 2.31. The van der Waals surface area contributed by atoms with Crippen molar-refractivity contribution in [2.75, 3.05) is 27.7 Å². The molecule has 0 fully saturated rings. The van der Waals surface area contributed by atoms with Gasteiger partial charge in [0.15, 0.2) is 0 Å². The molecule has 1 aromatic carbocycles. The summed E-state index contributed by atoms with van der Waals surface area (Å²) in [5.74, 6) is -0.991. The van der Waals surface area contributed by atoms with Crippen LogP contribution < -0.4 is 5.32 Å². The van der Waals surface area contributed by atoms with Crippen LogP contribution in [0, 0.1) is 11.8 Å². The molecule has 0 bridgehead atoms. The van der Waals surface area contributed by atoms with Crippen LogP contribution in [0.2, 0.25) is 0 Å². The van der Waals surface area contributed by atoms with Gasteiger partial charge in [0.1, 0.15) is 6.04 Å². The zero-order valence-electron chi connectivity index (χ0n) is 26.2. The molecule has 4 atom stereocenters. The van der Waals surface area contributed by atoms with Gasteiger partial charge in [0.05, 0.1) is 18.7 Å². The first-order chi connectivity index (χ1) is 18.2. The number of aromatic nitrogens is 1. The summed E-state index contributed by atoms with van der Waals surface area (Å²) in [6, 6.07) is 6.64. The Hall–Kier alpha value is -3.07. The third kappa shape index (κ3) is 8.96. The number of carbonyl (C=O) groups excluding carboxylic acids is 3. The number of nitrogens with zero attached hydrogens (tertiary/aromatic N) is 3. The van der Waals surface area contributed by atoms with Crippen molar-refractivity contribution in [3.05, 3.63) is 47.7 Å². The van der Waals surface area contributed by atoms with Crippen LogP contribution in [0.4, 0.5) is 0 Å². The number of likely N-dealkylation sites (N-methyl/N-ethyl adjacent to an activating group) is 2. The molecule has 0 aliphatic rings. The molecule has 0 saturated heterocycles. The molecule has 1 N–H and O–H groups in total. The van der Waals surface area contributed by atoms with Gasteiger partial charge in [0, 0.05) is 51.1 Å². The van der Waals surface area contributed by atoms with Gasteiger partial charge in [0.25, 0.3) is 0 Å². The van der Waals surface area contributed by atoms with Crippen LogP contribution in [-0.2, 0) is 26.2 Å². The lowest BCUT2D eigenvalue weighted by Gasteiger charge is -2.36. The Labute approximate surface area is 250 Å². The van der Waals surface area contributed by atoms with E-state index in [9.17, 15) is 14.4 Å². The van der Waals surface area contributed by atoms with Crippen molar-refractivity contribution in [3.8, 4) is 0 Å². The fourth-order valence-corrected chi connectivity index (χ4v) is 5.25. The van der Waals surface area contributed by atoms with Gasteiger partial charge in [-0.05, 0) is 51.4 Å². The molecule has 41 heavy (non-hydrogen) atoms. The zero-order chi connectivity index (χ0) is 29.6. The highest BCUT2D eigenvalue weighted by molar-refractivity contribution is 5.92. The van der Waals surface area contributed by atoms with Crippen LogP contribution in [0.15, 0.2) is 42.1 Å². The molecule has 0 aliphatic heterocycles. The Morgan fingerprint density at radius 3 is 2.12 bits per heavy atom. The van der Waals surface area contributed by atoms with Gasteiger partial charge in [-0.3, -0.25) is 14.5 Å². The molecule has 9 heteroatoms. The number of amides is 2. The van der Waals surface area contributed by atoms with Crippen LogP contribution in [0.25, 0.3) is 10.9 Å². The third-order valence-electron chi connectivity index (χ3n) is 7.44. The van der Waals surface area contributed by atoms with Crippen molar-refractivity contribution < 1.29 is 19.1 Å². The van der Waals surface area contributed by atoms with Gasteiger partial charge in [0.2, 0.25) is 11.8 Å². The number of carbonyl (C=O) groups is 3. The van der Waals surface area contributed by atoms with Gasteiger partial charge in [-0.1, -0.05) is 66.3 Å². The van der Waals surface area contributed by atoms with Crippen LogP contribution >= 0.6 is 0 Å². The molecular formula is C32H52BN4O4. The van der Waals surface area contributed by atoms with Gasteiger partial charge >= 0.3 is 5.97 Å².